The fourth-order valence-electron chi connectivity index (χ4n) is 4.15. The summed E-state index contributed by atoms with van der Waals surface area (Å²) in [6, 6.07) is 1.75. The summed E-state index contributed by atoms with van der Waals surface area (Å²) in [4.78, 5) is 24.8. The maximum absolute atomic E-state index is 13.0. The molecular weight excluding hydrogens is 296 g/mol. The zero-order chi connectivity index (χ0) is 16.8. The predicted molar refractivity (Wildman–Crippen MR) is 84.7 cm³/mol. The molecule has 1 aromatic carbocycles. The first-order chi connectivity index (χ1) is 11.0. The lowest BCUT2D eigenvalue weighted by Crippen LogP contribution is -2.29. The van der Waals surface area contributed by atoms with Gasteiger partial charge >= 0.3 is 0 Å². The molecule has 2 atom stereocenters. The van der Waals surface area contributed by atoms with Crippen LogP contribution in [-0.2, 0) is 10.2 Å². The topological polar surface area (TPSA) is 61.8 Å². The van der Waals surface area contributed by atoms with Gasteiger partial charge in [0.2, 0.25) is 5.75 Å². The molecule has 0 spiro atoms. The third kappa shape index (κ3) is 2.13. The average molecular weight is 318 g/mol. The fraction of sp³-hybridized carbons (Fsp3) is 0.556. The Balaban J connectivity index is 2.27. The van der Waals surface area contributed by atoms with Crippen molar-refractivity contribution in [3.63, 3.8) is 0 Å². The summed E-state index contributed by atoms with van der Waals surface area (Å²) < 4.78 is 16.4. The average Bonchev–Trinajstić information content (AvgIpc) is 2.66. The molecule has 1 saturated carbocycles. The van der Waals surface area contributed by atoms with Crippen molar-refractivity contribution in [2.75, 3.05) is 21.3 Å². The minimum Gasteiger partial charge on any atom is -0.493 e. The van der Waals surface area contributed by atoms with Crippen molar-refractivity contribution in [1.29, 1.82) is 0 Å². The van der Waals surface area contributed by atoms with Gasteiger partial charge in [-0.1, -0.05) is 6.92 Å². The van der Waals surface area contributed by atoms with Crippen molar-refractivity contribution in [2.45, 2.75) is 38.0 Å². The molecule has 0 aromatic heterocycles. The van der Waals surface area contributed by atoms with Crippen LogP contribution < -0.4 is 14.2 Å². The monoisotopic (exact) mass is 318 g/mol. The van der Waals surface area contributed by atoms with Crippen molar-refractivity contribution in [2.24, 2.45) is 5.92 Å². The van der Waals surface area contributed by atoms with Gasteiger partial charge in [0, 0.05) is 35.3 Å². The third-order valence-corrected chi connectivity index (χ3v) is 5.39. The maximum atomic E-state index is 13.0. The van der Waals surface area contributed by atoms with E-state index in [-0.39, 0.29) is 17.5 Å². The van der Waals surface area contributed by atoms with E-state index in [0.717, 1.165) is 5.56 Å². The number of carbonyl (C=O) groups excluding carboxylic acids is 2. The van der Waals surface area contributed by atoms with Crippen LogP contribution in [-0.4, -0.2) is 32.9 Å². The zero-order valence-corrected chi connectivity index (χ0v) is 14.0. The van der Waals surface area contributed by atoms with E-state index in [2.05, 4.69) is 6.92 Å². The first-order valence-corrected chi connectivity index (χ1v) is 7.87. The number of rotatable bonds is 3. The van der Waals surface area contributed by atoms with Gasteiger partial charge in [-0.25, -0.2) is 0 Å². The van der Waals surface area contributed by atoms with Crippen LogP contribution in [0, 0.1) is 5.92 Å². The van der Waals surface area contributed by atoms with Crippen LogP contribution in [0.25, 0.3) is 0 Å². The highest BCUT2D eigenvalue weighted by atomic mass is 16.5. The normalized spacial score (nSPS) is 26.3. The zero-order valence-electron chi connectivity index (χ0n) is 14.0. The summed E-state index contributed by atoms with van der Waals surface area (Å²) in [5.41, 5.74) is 1.10. The van der Waals surface area contributed by atoms with Crippen molar-refractivity contribution in [1.82, 2.24) is 0 Å². The lowest BCUT2D eigenvalue weighted by molar-refractivity contribution is -0.119. The molecule has 1 aromatic rings. The van der Waals surface area contributed by atoms with E-state index in [1.54, 1.807) is 27.4 Å². The van der Waals surface area contributed by atoms with E-state index in [9.17, 15) is 9.59 Å². The molecule has 124 valence electrons. The second kappa shape index (κ2) is 5.55. The summed E-state index contributed by atoms with van der Waals surface area (Å²) in [6.45, 7) is 2.06. The van der Waals surface area contributed by atoms with Gasteiger partial charge in [-0.3, -0.25) is 9.59 Å². The standard InChI is InChI=1S/C18H22O5/c1-18-8-7-10(19)5-6-12(18)15(20)11-9-13(21-2)16(22-3)17(23-4)14(11)18/h9,12H,5-8H2,1-4H3/t12?,18-/m0/s1. The quantitative estimate of drug-likeness (QED) is 0.857. The van der Waals surface area contributed by atoms with Crippen molar-refractivity contribution < 1.29 is 23.8 Å². The Bertz CT molecular complexity index is 678. The van der Waals surface area contributed by atoms with Gasteiger partial charge in [0.25, 0.3) is 0 Å². The highest BCUT2D eigenvalue weighted by Gasteiger charge is 2.52. The van der Waals surface area contributed by atoms with Gasteiger partial charge < -0.3 is 14.2 Å². The molecule has 0 saturated heterocycles. The number of fused-ring (bicyclic) bond motifs is 3. The first-order valence-electron chi connectivity index (χ1n) is 7.87. The summed E-state index contributed by atoms with van der Waals surface area (Å²) >= 11 is 0. The fourth-order valence-corrected chi connectivity index (χ4v) is 4.15. The summed E-state index contributed by atoms with van der Waals surface area (Å²) in [6.07, 6.45) is 2.21. The molecule has 2 aliphatic carbocycles. The van der Waals surface area contributed by atoms with Crippen molar-refractivity contribution >= 4 is 11.6 Å². The molecule has 0 N–H and O–H groups in total. The molecule has 1 unspecified atom stereocenters. The van der Waals surface area contributed by atoms with Crippen molar-refractivity contribution in [3.05, 3.63) is 17.2 Å². The van der Waals surface area contributed by atoms with Gasteiger partial charge in [-0.2, -0.15) is 0 Å². The molecule has 1 fully saturated rings. The van der Waals surface area contributed by atoms with E-state index < -0.39 is 5.41 Å². The molecule has 0 radical (unpaired) electrons. The number of hydrogen-bond donors (Lipinski definition) is 0. The van der Waals surface area contributed by atoms with E-state index in [1.807, 2.05) is 0 Å². The Morgan fingerprint density at radius 3 is 2.35 bits per heavy atom. The van der Waals surface area contributed by atoms with E-state index in [4.69, 9.17) is 14.2 Å². The second-order valence-electron chi connectivity index (χ2n) is 6.48. The summed E-state index contributed by atoms with van der Waals surface area (Å²) in [7, 11) is 4.67. The number of ketones is 2. The highest BCUT2D eigenvalue weighted by molar-refractivity contribution is 6.06. The summed E-state index contributed by atoms with van der Waals surface area (Å²) in [5.74, 6) is 1.67. The van der Waals surface area contributed by atoms with Crippen LogP contribution >= 0.6 is 0 Å². The lowest BCUT2D eigenvalue weighted by Gasteiger charge is -2.31. The molecule has 0 heterocycles. The molecule has 5 nitrogen and oxygen atoms in total. The minimum atomic E-state index is -0.399. The lowest BCUT2D eigenvalue weighted by atomic mass is 9.72. The van der Waals surface area contributed by atoms with Crippen LogP contribution in [0.5, 0.6) is 17.2 Å². The number of Topliss-reactive ketones (excluding diaryl/α,β-unsaturated/α-hetero) is 2. The van der Waals surface area contributed by atoms with Crippen LogP contribution in [0.1, 0.15) is 48.5 Å². The third-order valence-electron chi connectivity index (χ3n) is 5.39. The largest absolute Gasteiger partial charge is 0.493 e. The molecule has 0 amide bonds. The molecule has 0 bridgehead atoms. The van der Waals surface area contributed by atoms with Crippen LogP contribution in [0.4, 0.5) is 0 Å². The Kier molecular flexibility index (Phi) is 3.82. The van der Waals surface area contributed by atoms with Crippen LogP contribution in [0.15, 0.2) is 6.07 Å². The molecule has 3 rings (SSSR count). The maximum Gasteiger partial charge on any atom is 0.203 e. The van der Waals surface area contributed by atoms with Gasteiger partial charge in [0.15, 0.2) is 17.3 Å². The van der Waals surface area contributed by atoms with Gasteiger partial charge in [0.05, 0.1) is 21.3 Å². The Morgan fingerprint density at radius 1 is 1.04 bits per heavy atom. The van der Waals surface area contributed by atoms with E-state index in [0.29, 0.717) is 48.5 Å². The van der Waals surface area contributed by atoms with Crippen LogP contribution in [0.2, 0.25) is 0 Å². The number of methoxy groups -OCH3 is 3. The van der Waals surface area contributed by atoms with Gasteiger partial charge in [-0.05, 0) is 18.9 Å². The molecule has 2 aliphatic rings. The highest BCUT2D eigenvalue weighted by Crippen LogP contribution is 2.57. The second-order valence-corrected chi connectivity index (χ2v) is 6.48. The number of hydrogen-bond acceptors (Lipinski definition) is 5. The Morgan fingerprint density at radius 2 is 1.74 bits per heavy atom. The number of carbonyl (C=O) groups is 2. The first kappa shape index (κ1) is 15.8. The Labute approximate surface area is 135 Å². The van der Waals surface area contributed by atoms with Gasteiger partial charge in [-0.15, -0.1) is 0 Å². The molecule has 23 heavy (non-hydrogen) atoms. The Hall–Kier alpha value is -2.04. The van der Waals surface area contributed by atoms with Crippen LogP contribution in [0.3, 0.4) is 0 Å². The SMILES string of the molecule is COc1cc2c(c(OC)c1OC)[C@@]1(C)CCC(=O)CCC1C2=O. The minimum absolute atomic E-state index is 0.0800. The molecule has 5 heteroatoms. The number of benzene rings is 1. The number of ether oxygens (including phenoxy) is 3. The van der Waals surface area contributed by atoms with Gasteiger partial charge in [0.1, 0.15) is 5.78 Å². The molecular formula is C18H22O5. The van der Waals surface area contributed by atoms with Crippen molar-refractivity contribution in [3.8, 4) is 17.2 Å². The smallest absolute Gasteiger partial charge is 0.203 e. The predicted octanol–water partition coefficient (Wildman–Crippen LogP) is 2.93. The van der Waals surface area contributed by atoms with E-state index in [1.165, 1.54) is 0 Å². The summed E-state index contributed by atoms with van der Waals surface area (Å²) in [5, 5.41) is 0. The van der Waals surface area contributed by atoms with E-state index >= 15 is 0 Å². The molecule has 0 aliphatic heterocycles.